The third-order valence-electron chi connectivity index (χ3n) is 6.30. The zero-order chi connectivity index (χ0) is 25.0. The van der Waals surface area contributed by atoms with Crippen molar-refractivity contribution in [3.05, 3.63) is 64.5 Å². The topological polar surface area (TPSA) is 105 Å². The number of halogens is 1. The van der Waals surface area contributed by atoms with Gasteiger partial charge in [0.25, 0.3) is 0 Å². The first kappa shape index (κ1) is 25.5. The van der Waals surface area contributed by atoms with E-state index in [1.54, 1.807) is 24.3 Å². The highest BCUT2D eigenvalue weighted by molar-refractivity contribution is 9.10. The molecule has 0 saturated carbocycles. The van der Waals surface area contributed by atoms with Crippen molar-refractivity contribution < 1.29 is 17.7 Å². The van der Waals surface area contributed by atoms with Crippen LogP contribution in [-0.2, 0) is 21.2 Å². The van der Waals surface area contributed by atoms with Gasteiger partial charge in [0.1, 0.15) is 0 Å². The summed E-state index contributed by atoms with van der Waals surface area (Å²) in [6.07, 6.45) is 3.41. The minimum atomic E-state index is -3.24. The van der Waals surface area contributed by atoms with E-state index in [0.29, 0.717) is 18.3 Å². The molecule has 1 unspecified atom stereocenters. The first-order valence-corrected chi connectivity index (χ1v) is 14.3. The van der Waals surface area contributed by atoms with Crippen LogP contribution in [0, 0.1) is 5.92 Å². The Bertz CT molecular complexity index is 1270. The standard InChI is InChI=1S/C25H29BrN4O4S/c1-3-22(17-7-9-21(10-8-17)35(2,32)33)27-25(31)18-11-13-30(14-12-18)16-23-28-24(29-34-23)19-5-4-6-20(26)15-19/h4-10,15,18,22H,3,11-14,16H2,1-2H3,(H,27,31). The van der Waals surface area contributed by atoms with Crippen molar-refractivity contribution in [2.75, 3.05) is 19.3 Å². The minimum absolute atomic E-state index is 0.0402. The third kappa shape index (κ3) is 6.56. The Labute approximate surface area is 214 Å². The van der Waals surface area contributed by atoms with E-state index >= 15 is 0 Å². The lowest BCUT2D eigenvalue weighted by Gasteiger charge is -2.31. The molecule has 35 heavy (non-hydrogen) atoms. The number of carbonyl (C=O) groups is 1. The van der Waals surface area contributed by atoms with Gasteiger partial charge in [-0.05, 0) is 62.2 Å². The van der Waals surface area contributed by atoms with E-state index in [9.17, 15) is 13.2 Å². The summed E-state index contributed by atoms with van der Waals surface area (Å²) in [6, 6.07) is 14.4. The Hall–Kier alpha value is -2.56. The van der Waals surface area contributed by atoms with Crippen molar-refractivity contribution >= 4 is 31.7 Å². The number of sulfone groups is 1. The van der Waals surface area contributed by atoms with Gasteiger partial charge in [0.05, 0.1) is 17.5 Å². The number of benzene rings is 2. The van der Waals surface area contributed by atoms with Crippen molar-refractivity contribution in [1.29, 1.82) is 0 Å². The summed E-state index contributed by atoms with van der Waals surface area (Å²) in [7, 11) is -3.24. The molecule has 186 valence electrons. The number of rotatable bonds is 8. The molecule has 1 N–H and O–H groups in total. The number of amides is 1. The molecule has 1 aromatic heterocycles. The van der Waals surface area contributed by atoms with E-state index in [1.807, 2.05) is 31.2 Å². The first-order chi connectivity index (χ1) is 16.7. The average Bonchev–Trinajstić information content (AvgIpc) is 3.31. The van der Waals surface area contributed by atoms with E-state index in [-0.39, 0.29) is 22.8 Å². The predicted octanol–water partition coefficient (Wildman–Crippen LogP) is 4.38. The summed E-state index contributed by atoms with van der Waals surface area (Å²) in [5.74, 6) is 1.10. The molecule has 2 heterocycles. The SMILES string of the molecule is CCC(NC(=O)C1CCN(Cc2nc(-c3cccc(Br)c3)no2)CC1)c1ccc(S(C)(=O)=O)cc1. The van der Waals surface area contributed by atoms with Crippen LogP contribution in [0.5, 0.6) is 0 Å². The molecule has 4 rings (SSSR count). The van der Waals surface area contributed by atoms with Crippen LogP contribution in [-0.4, -0.2) is 48.7 Å². The smallest absolute Gasteiger partial charge is 0.241 e. The second-order valence-electron chi connectivity index (χ2n) is 8.88. The predicted molar refractivity (Wildman–Crippen MR) is 136 cm³/mol. The number of carbonyl (C=O) groups excluding carboxylic acids is 1. The van der Waals surface area contributed by atoms with Crippen molar-refractivity contribution in [2.45, 2.75) is 43.7 Å². The summed E-state index contributed by atoms with van der Waals surface area (Å²) < 4.78 is 29.8. The van der Waals surface area contributed by atoms with E-state index in [4.69, 9.17) is 4.52 Å². The number of nitrogens with one attached hydrogen (secondary N) is 1. The third-order valence-corrected chi connectivity index (χ3v) is 7.93. The van der Waals surface area contributed by atoms with Crippen molar-refractivity contribution in [1.82, 2.24) is 20.4 Å². The molecule has 1 saturated heterocycles. The molecule has 10 heteroatoms. The highest BCUT2D eigenvalue weighted by Crippen LogP contribution is 2.24. The Kier molecular flexibility index (Phi) is 8.03. The number of nitrogens with zero attached hydrogens (tertiary/aromatic N) is 3. The van der Waals surface area contributed by atoms with Crippen LogP contribution < -0.4 is 5.32 Å². The van der Waals surface area contributed by atoms with Gasteiger partial charge in [-0.3, -0.25) is 9.69 Å². The van der Waals surface area contributed by atoms with Gasteiger partial charge in [-0.2, -0.15) is 4.98 Å². The maximum absolute atomic E-state index is 12.9. The van der Waals surface area contributed by atoms with Crippen LogP contribution >= 0.6 is 15.9 Å². The van der Waals surface area contributed by atoms with Gasteiger partial charge in [-0.15, -0.1) is 0 Å². The summed E-state index contributed by atoms with van der Waals surface area (Å²) in [4.78, 5) is 20.0. The minimum Gasteiger partial charge on any atom is -0.349 e. The van der Waals surface area contributed by atoms with Gasteiger partial charge in [-0.1, -0.05) is 52.3 Å². The molecule has 0 radical (unpaired) electrons. The maximum atomic E-state index is 12.9. The van der Waals surface area contributed by atoms with E-state index in [2.05, 4.69) is 36.3 Å². The van der Waals surface area contributed by atoms with Crippen LogP contribution in [0.2, 0.25) is 0 Å². The number of likely N-dealkylation sites (tertiary alicyclic amines) is 1. The fourth-order valence-electron chi connectivity index (χ4n) is 4.27. The van der Waals surface area contributed by atoms with E-state index in [0.717, 1.165) is 48.0 Å². The van der Waals surface area contributed by atoms with Crippen molar-refractivity contribution in [2.24, 2.45) is 5.92 Å². The zero-order valence-electron chi connectivity index (χ0n) is 19.8. The summed E-state index contributed by atoms with van der Waals surface area (Å²) in [5.41, 5.74) is 1.80. The van der Waals surface area contributed by atoms with Gasteiger partial charge < -0.3 is 9.84 Å². The van der Waals surface area contributed by atoms with Gasteiger partial charge in [0.2, 0.25) is 17.6 Å². The number of aromatic nitrogens is 2. The lowest BCUT2D eigenvalue weighted by Crippen LogP contribution is -2.41. The largest absolute Gasteiger partial charge is 0.349 e. The Morgan fingerprint density at radius 3 is 2.54 bits per heavy atom. The molecule has 0 aliphatic carbocycles. The average molecular weight is 562 g/mol. The molecule has 1 aliphatic rings. The van der Waals surface area contributed by atoms with Crippen LogP contribution in [0.15, 0.2) is 62.4 Å². The maximum Gasteiger partial charge on any atom is 0.241 e. The van der Waals surface area contributed by atoms with Gasteiger partial charge in [0, 0.05) is 22.2 Å². The monoisotopic (exact) mass is 560 g/mol. The lowest BCUT2D eigenvalue weighted by molar-refractivity contribution is -0.127. The van der Waals surface area contributed by atoms with Crippen LogP contribution in [0.25, 0.3) is 11.4 Å². The lowest BCUT2D eigenvalue weighted by atomic mass is 9.94. The van der Waals surface area contributed by atoms with E-state index < -0.39 is 9.84 Å². The number of hydrogen-bond acceptors (Lipinski definition) is 7. The fourth-order valence-corrected chi connectivity index (χ4v) is 5.30. The molecule has 1 atom stereocenters. The Morgan fingerprint density at radius 2 is 1.91 bits per heavy atom. The number of piperidine rings is 1. The van der Waals surface area contributed by atoms with Crippen LogP contribution in [0.4, 0.5) is 0 Å². The normalized spacial score (nSPS) is 16.2. The molecule has 2 aromatic carbocycles. The highest BCUT2D eigenvalue weighted by Gasteiger charge is 2.27. The summed E-state index contributed by atoms with van der Waals surface area (Å²) in [5, 5.41) is 7.24. The molecule has 1 aliphatic heterocycles. The molecule has 0 bridgehead atoms. The van der Waals surface area contributed by atoms with E-state index in [1.165, 1.54) is 6.26 Å². The second kappa shape index (κ2) is 11.0. The summed E-state index contributed by atoms with van der Waals surface area (Å²) in [6.45, 7) is 4.10. The fraction of sp³-hybridized carbons (Fsp3) is 0.400. The highest BCUT2D eigenvalue weighted by atomic mass is 79.9. The molecule has 8 nitrogen and oxygen atoms in total. The zero-order valence-corrected chi connectivity index (χ0v) is 22.2. The second-order valence-corrected chi connectivity index (χ2v) is 11.8. The molecule has 1 amide bonds. The molecular weight excluding hydrogens is 532 g/mol. The van der Waals surface area contributed by atoms with Crippen molar-refractivity contribution in [3.63, 3.8) is 0 Å². The Morgan fingerprint density at radius 1 is 1.20 bits per heavy atom. The van der Waals surface area contributed by atoms with Crippen LogP contribution in [0.1, 0.15) is 43.7 Å². The molecule has 0 spiro atoms. The Balaban J connectivity index is 1.29. The van der Waals surface area contributed by atoms with Gasteiger partial charge in [0.15, 0.2) is 9.84 Å². The molecular formula is C25H29BrN4O4S. The van der Waals surface area contributed by atoms with Gasteiger partial charge >= 0.3 is 0 Å². The number of hydrogen-bond donors (Lipinski definition) is 1. The molecule has 3 aromatic rings. The van der Waals surface area contributed by atoms with Gasteiger partial charge in [-0.25, -0.2) is 8.42 Å². The first-order valence-electron chi connectivity index (χ1n) is 11.6. The van der Waals surface area contributed by atoms with Crippen molar-refractivity contribution in [3.8, 4) is 11.4 Å². The van der Waals surface area contributed by atoms with Crippen LogP contribution in [0.3, 0.4) is 0 Å². The molecule has 1 fully saturated rings. The quantitative estimate of drug-likeness (QED) is 0.435. The summed E-state index contributed by atoms with van der Waals surface area (Å²) >= 11 is 3.46.